The summed E-state index contributed by atoms with van der Waals surface area (Å²) in [6, 6.07) is 11.6. The molecule has 0 amide bonds. The summed E-state index contributed by atoms with van der Waals surface area (Å²) in [7, 11) is 2.17. The molecule has 0 spiro atoms. The van der Waals surface area contributed by atoms with Crippen LogP contribution < -0.4 is 5.32 Å². The van der Waals surface area contributed by atoms with Gasteiger partial charge >= 0.3 is 0 Å². The van der Waals surface area contributed by atoms with Crippen LogP contribution in [0.15, 0.2) is 30.3 Å². The minimum atomic E-state index is 0.370. The van der Waals surface area contributed by atoms with Gasteiger partial charge in [-0.05, 0) is 31.4 Å². The fourth-order valence-corrected chi connectivity index (χ4v) is 3.07. The summed E-state index contributed by atoms with van der Waals surface area (Å²) in [5.74, 6) is 0.758. The van der Waals surface area contributed by atoms with Gasteiger partial charge in [0, 0.05) is 25.7 Å². The van der Waals surface area contributed by atoms with Crippen molar-refractivity contribution in [3.05, 3.63) is 35.9 Å². The molecule has 1 aliphatic carbocycles. The van der Waals surface area contributed by atoms with Crippen LogP contribution in [0.2, 0.25) is 0 Å². The largest absolute Gasteiger partial charge is 0.374 e. The van der Waals surface area contributed by atoms with Crippen LogP contribution in [-0.2, 0) is 4.74 Å². The van der Waals surface area contributed by atoms with Gasteiger partial charge in [0.1, 0.15) is 0 Å². The molecule has 19 heavy (non-hydrogen) atoms. The number of nitrogens with one attached hydrogen (secondary N) is 1. The lowest BCUT2D eigenvalue weighted by Gasteiger charge is -2.38. The second-order valence-corrected chi connectivity index (χ2v) is 5.94. The highest BCUT2D eigenvalue weighted by Crippen LogP contribution is 2.36. The number of hydrogen-bond donors (Lipinski definition) is 1. The van der Waals surface area contributed by atoms with Gasteiger partial charge in [0.25, 0.3) is 0 Å². The molecule has 2 aliphatic rings. The van der Waals surface area contributed by atoms with E-state index >= 15 is 0 Å². The summed E-state index contributed by atoms with van der Waals surface area (Å²) in [4.78, 5) is 2.35. The van der Waals surface area contributed by atoms with E-state index in [1.54, 1.807) is 0 Å². The summed E-state index contributed by atoms with van der Waals surface area (Å²) in [6.07, 6.45) is 2.91. The normalized spacial score (nSPS) is 31.9. The Morgan fingerprint density at radius 3 is 2.79 bits per heavy atom. The van der Waals surface area contributed by atoms with Crippen molar-refractivity contribution in [1.82, 2.24) is 10.2 Å². The molecule has 0 bridgehead atoms. The second-order valence-electron chi connectivity index (χ2n) is 5.94. The Morgan fingerprint density at radius 1 is 1.26 bits per heavy atom. The molecule has 1 aliphatic heterocycles. The van der Waals surface area contributed by atoms with Crippen LogP contribution in [0.5, 0.6) is 0 Å². The van der Waals surface area contributed by atoms with Crippen LogP contribution in [0.1, 0.15) is 24.3 Å². The molecular weight excluding hydrogens is 236 g/mol. The van der Waals surface area contributed by atoms with E-state index in [-0.39, 0.29) is 0 Å². The highest BCUT2D eigenvalue weighted by atomic mass is 16.5. The van der Waals surface area contributed by atoms with Crippen LogP contribution in [0, 0.1) is 0 Å². The average Bonchev–Trinajstić information content (AvgIpc) is 2.38. The predicted octanol–water partition coefficient (Wildman–Crippen LogP) is 1.85. The van der Waals surface area contributed by atoms with E-state index < -0.39 is 0 Å². The minimum absolute atomic E-state index is 0.370. The van der Waals surface area contributed by atoms with Gasteiger partial charge in [-0.3, -0.25) is 0 Å². The Kier molecular flexibility index (Phi) is 4.16. The van der Waals surface area contributed by atoms with Crippen LogP contribution in [0.4, 0.5) is 0 Å². The summed E-state index contributed by atoms with van der Waals surface area (Å²) in [5, 5.41) is 3.66. The molecule has 1 atom stereocenters. The van der Waals surface area contributed by atoms with Gasteiger partial charge in [-0.1, -0.05) is 30.3 Å². The van der Waals surface area contributed by atoms with Crippen molar-refractivity contribution in [2.75, 3.05) is 33.3 Å². The number of nitrogens with zero attached hydrogens (tertiary/aromatic N) is 1. The van der Waals surface area contributed by atoms with E-state index in [9.17, 15) is 0 Å². The van der Waals surface area contributed by atoms with E-state index in [1.165, 1.54) is 18.4 Å². The molecule has 1 unspecified atom stereocenters. The van der Waals surface area contributed by atoms with Gasteiger partial charge in [0.15, 0.2) is 0 Å². The van der Waals surface area contributed by atoms with E-state index in [1.807, 2.05) is 0 Å². The number of morpholine rings is 1. The maximum absolute atomic E-state index is 5.77. The molecule has 3 rings (SSSR count). The van der Waals surface area contributed by atoms with E-state index in [0.29, 0.717) is 12.1 Å². The van der Waals surface area contributed by atoms with Crippen molar-refractivity contribution in [2.24, 2.45) is 0 Å². The highest BCUT2D eigenvalue weighted by molar-refractivity contribution is 5.22. The highest BCUT2D eigenvalue weighted by Gasteiger charge is 2.30. The van der Waals surface area contributed by atoms with Crippen molar-refractivity contribution in [2.45, 2.75) is 30.9 Å². The lowest BCUT2D eigenvalue weighted by molar-refractivity contribution is -0.0207. The predicted molar refractivity (Wildman–Crippen MR) is 77.4 cm³/mol. The van der Waals surface area contributed by atoms with E-state index in [0.717, 1.165) is 32.2 Å². The van der Waals surface area contributed by atoms with Crippen LogP contribution in [-0.4, -0.2) is 50.3 Å². The summed E-state index contributed by atoms with van der Waals surface area (Å²) < 4.78 is 5.77. The fourth-order valence-electron chi connectivity index (χ4n) is 3.07. The minimum Gasteiger partial charge on any atom is -0.374 e. The standard InChI is InChI=1S/C16H24N2O/c1-18-7-8-19-16(12-18)11-17-15-9-14(10-15)13-5-3-2-4-6-13/h2-6,14-17H,7-12H2,1H3. The van der Waals surface area contributed by atoms with Gasteiger partial charge < -0.3 is 15.0 Å². The first-order valence-electron chi connectivity index (χ1n) is 7.40. The van der Waals surface area contributed by atoms with Crippen molar-refractivity contribution in [1.29, 1.82) is 0 Å². The maximum Gasteiger partial charge on any atom is 0.0826 e. The van der Waals surface area contributed by atoms with Gasteiger partial charge in [0.2, 0.25) is 0 Å². The first kappa shape index (κ1) is 13.1. The smallest absolute Gasteiger partial charge is 0.0826 e. The lowest BCUT2D eigenvalue weighted by atomic mass is 9.76. The molecule has 3 heteroatoms. The first-order valence-corrected chi connectivity index (χ1v) is 7.40. The van der Waals surface area contributed by atoms with Gasteiger partial charge in [-0.2, -0.15) is 0 Å². The van der Waals surface area contributed by atoms with Crippen molar-refractivity contribution in [3.63, 3.8) is 0 Å². The molecule has 1 aromatic rings. The Bertz CT molecular complexity index is 389. The molecule has 1 N–H and O–H groups in total. The van der Waals surface area contributed by atoms with Crippen molar-refractivity contribution < 1.29 is 4.74 Å². The lowest BCUT2D eigenvalue weighted by Crippen LogP contribution is -2.49. The molecule has 1 heterocycles. The monoisotopic (exact) mass is 260 g/mol. The number of likely N-dealkylation sites (N-methyl/N-ethyl adjacent to an activating group) is 1. The summed E-state index contributed by atoms with van der Waals surface area (Å²) in [6.45, 7) is 3.99. The average molecular weight is 260 g/mol. The molecule has 2 fully saturated rings. The Morgan fingerprint density at radius 2 is 2.05 bits per heavy atom. The number of rotatable bonds is 4. The molecule has 0 radical (unpaired) electrons. The fraction of sp³-hybridized carbons (Fsp3) is 0.625. The quantitative estimate of drug-likeness (QED) is 0.894. The third-order valence-corrected chi connectivity index (χ3v) is 4.39. The first-order chi connectivity index (χ1) is 9.31. The molecule has 3 nitrogen and oxygen atoms in total. The molecule has 1 saturated carbocycles. The summed E-state index contributed by atoms with van der Waals surface area (Å²) in [5.41, 5.74) is 1.49. The van der Waals surface area contributed by atoms with Crippen LogP contribution in [0.25, 0.3) is 0 Å². The number of hydrogen-bond acceptors (Lipinski definition) is 3. The van der Waals surface area contributed by atoms with Crippen LogP contribution in [0.3, 0.4) is 0 Å². The zero-order chi connectivity index (χ0) is 13.1. The number of benzene rings is 1. The molecule has 0 aromatic heterocycles. The maximum atomic E-state index is 5.77. The Labute approximate surface area is 115 Å². The van der Waals surface area contributed by atoms with Gasteiger partial charge in [0.05, 0.1) is 12.7 Å². The molecule has 1 aromatic carbocycles. The molecule has 1 saturated heterocycles. The van der Waals surface area contributed by atoms with E-state index in [2.05, 4.69) is 47.6 Å². The van der Waals surface area contributed by atoms with Crippen molar-refractivity contribution in [3.8, 4) is 0 Å². The third-order valence-electron chi connectivity index (χ3n) is 4.39. The molecular formula is C16H24N2O. The van der Waals surface area contributed by atoms with Gasteiger partial charge in [-0.25, -0.2) is 0 Å². The van der Waals surface area contributed by atoms with Crippen molar-refractivity contribution >= 4 is 0 Å². The summed E-state index contributed by atoms with van der Waals surface area (Å²) >= 11 is 0. The zero-order valence-electron chi connectivity index (χ0n) is 11.7. The SMILES string of the molecule is CN1CCOC(CNC2CC(c3ccccc3)C2)C1. The zero-order valence-corrected chi connectivity index (χ0v) is 11.7. The topological polar surface area (TPSA) is 24.5 Å². The number of ether oxygens (including phenoxy) is 1. The van der Waals surface area contributed by atoms with Crippen LogP contribution >= 0.6 is 0 Å². The Hall–Kier alpha value is -0.900. The third kappa shape index (κ3) is 3.35. The molecule has 104 valence electrons. The van der Waals surface area contributed by atoms with Gasteiger partial charge in [-0.15, -0.1) is 0 Å². The second kappa shape index (κ2) is 6.04. The van der Waals surface area contributed by atoms with E-state index in [4.69, 9.17) is 4.74 Å². The Balaban J connectivity index is 1.38.